The lowest BCUT2D eigenvalue weighted by Gasteiger charge is -2.28. The van der Waals surface area contributed by atoms with Crippen LogP contribution in [0.25, 0.3) is 10.9 Å². The van der Waals surface area contributed by atoms with E-state index in [1.165, 1.54) is 5.56 Å². The van der Waals surface area contributed by atoms with E-state index in [-0.39, 0.29) is 5.88 Å². The number of nitrogens with one attached hydrogen (secondary N) is 1. The highest BCUT2D eigenvalue weighted by Gasteiger charge is 2.21. The van der Waals surface area contributed by atoms with E-state index in [1.54, 1.807) is 6.20 Å². The van der Waals surface area contributed by atoms with Crippen LogP contribution in [0.5, 0.6) is 5.88 Å². The summed E-state index contributed by atoms with van der Waals surface area (Å²) in [5, 5.41) is 14.9. The molecule has 0 radical (unpaired) electrons. The topological polar surface area (TPSA) is 72.2 Å². The van der Waals surface area contributed by atoms with Crippen LogP contribution in [0.2, 0.25) is 0 Å². The molecular weight excluding hydrogens is 316 g/mol. The van der Waals surface area contributed by atoms with Crippen molar-refractivity contribution in [1.29, 1.82) is 0 Å². The van der Waals surface area contributed by atoms with Gasteiger partial charge in [-0.25, -0.2) is 0 Å². The maximum atomic E-state index is 10.7. The molecule has 0 atom stereocenters. The average Bonchev–Trinajstić information content (AvgIpc) is 2.89. The van der Waals surface area contributed by atoms with Gasteiger partial charge in [-0.2, -0.15) is 0 Å². The largest absolute Gasteiger partial charge is 0.494 e. The van der Waals surface area contributed by atoms with Crippen molar-refractivity contribution in [3.8, 4) is 5.88 Å². The Morgan fingerprint density at radius 1 is 1.28 bits per heavy atom. The summed E-state index contributed by atoms with van der Waals surface area (Å²) in [6.07, 6.45) is 4.42. The summed E-state index contributed by atoms with van der Waals surface area (Å²) in [6.45, 7) is 6.13. The zero-order valence-electron chi connectivity index (χ0n) is 14.5. The number of aromatic hydroxyl groups is 1. The van der Waals surface area contributed by atoms with Gasteiger partial charge in [-0.3, -0.25) is 9.97 Å². The second-order valence-corrected chi connectivity index (χ2v) is 6.60. The minimum atomic E-state index is 0.245. The van der Waals surface area contributed by atoms with Crippen LogP contribution >= 0.6 is 0 Å². The van der Waals surface area contributed by atoms with E-state index in [4.69, 9.17) is 4.74 Å². The van der Waals surface area contributed by atoms with Crippen molar-refractivity contribution in [3.05, 3.63) is 47.5 Å². The second-order valence-electron chi connectivity index (χ2n) is 6.60. The Bertz CT molecular complexity index is 915. The number of pyridine rings is 2. The minimum Gasteiger partial charge on any atom is -0.494 e. The van der Waals surface area contributed by atoms with Crippen LogP contribution in [0, 0.1) is 13.8 Å². The van der Waals surface area contributed by atoms with Crippen molar-refractivity contribution in [2.75, 3.05) is 18.5 Å². The maximum Gasteiger partial charge on any atom is 0.202 e. The van der Waals surface area contributed by atoms with E-state index in [1.807, 2.05) is 29.8 Å². The number of ether oxygens (including phenoxy) is 1. The molecule has 0 unspecified atom stereocenters. The molecule has 0 aliphatic carbocycles. The summed E-state index contributed by atoms with van der Waals surface area (Å²) >= 11 is 0. The lowest BCUT2D eigenvalue weighted by molar-refractivity contribution is 0.0211. The zero-order valence-corrected chi connectivity index (χ0v) is 14.5. The molecule has 6 heteroatoms. The molecule has 4 heterocycles. The van der Waals surface area contributed by atoms with Gasteiger partial charge in [0, 0.05) is 36.7 Å². The number of rotatable bonds is 5. The molecule has 6 nitrogen and oxygen atoms in total. The normalized spacial score (nSPS) is 14.6. The smallest absolute Gasteiger partial charge is 0.202 e. The molecule has 0 amide bonds. The van der Waals surface area contributed by atoms with E-state index in [0.29, 0.717) is 25.8 Å². The number of aromatic nitrogens is 3. The number of anilines is 1. The van der Waals surface area contributed by atoms with Gasteiger partial charge in [-0.05, 0) is 31.5 Å². The predicted octanol–water partition coefficient (Wildman–Crippen LogP) is 2.81. The standard InChI is InChI=1S/C19H22N4O2/c1-12-3-4-14(21-13(12)2)6-8-23-9-17-18(19(23)24)16(5-7-20-17)22-15-10-25-11-15/h3-5,7,9,15,22,24H,6,8,10-11H2,1-2H3. The highest BCUT2D eigenvalue weighted by molar-refractivity contribution is 5.96. The Morgan fingerprint density at radius 2 is 2.12 bits per heavy atom. The fourth-order valence-corrected chi connectivity index (χ4v) is 3.05. The molecule has 0 spiro atoms. The summed E-state index contributed by atoms with van der Waals surface area (Å²) in [7, 11) is 0. The van der Waals surface area contributed by atoms with Gasteiger partial charge in [-0.1, -0.05) is 6.07 Å². The molecule has 1 saturated heterocycles. The fraction of sp³-hybridized carbons (Fsp3) is 0.368. The van der Waals surface area contributed by atoms with Crippen LogP contribution in [0.1, 0.15) is 17.0 Å². The van der Waals surface area contributed by atoms with E-state index in [0.717, 1.165) is 34.4 Å². The number of fused-ring (bicyclic) bond motifs is 1. The van der Waals surface area contributed by atoms with Gasteiger partial charge in [0.25, 0.3) is 0 Å². The molecule has 2 N–H and O–H groups in total. The summed E-state index contributed by atoms with van der Waals surface area (Å²) < 4.78 is 7.05. The molecule has 25 heavy (non-hydrogen) atoms. The van der Waals surface area contributed by atoms with E-state index >= 15 is 0 Å². The number of hydrogen-bond donors (Lipinski definition) is 2. The van der Waals surface area contributed by atoms with E-state index in [2.05, 4.69) is 28.3 Å². The van der Waals surface area contributed by atoms with Crippen LogP contribution in [-0.4, -0.2) is 38.9 Å². The van der Waals surface area contributed by atoms with Crippen molar-refractivity contribution in [1.82, 2.24) is 14.5 Å². The Labute approximate surface area is 146 Å². The quantitative estimate of drug-likeness (QED) is 0.748. The predicted molar refractivity (Wildman–Crippen MR) is 97.0 cm³/mol. The third-order valence-corrected chi connectivity index (χ3v) is 4.77. The van der Waals surface area contributed by atoms with Crippen LogP contribution in [-0.2, 0) is 17.7 Å². The van der Waals surface area contributed by atoms with Crippen molar-refractivity contribution in [2.45, 2.75) is 32.9 Å². The molecule has 3 aromatic heterocycles. The molecule has 0 aromatic carbocycles. The lowest BCUT2D eigenvalue weighted by atomic mass is 10.2. The third kappa shape index (κ3) is 3.05. The van der Waals surface area contributed by atoms with Crippen molar-refractivity contribution < 1.29 is 9.84 Å². The van der Waals surface area contributed by atoms with Gasteiger partial charge in [-0.15, -0.1) is 0 Å². The molecule has 1 aliphatic heterocycles. The minimum absolute atomic E-state index is 0.245. The molecule has 1 aliphatic rings. The first-order chi connectivity index (χ1) is 12.1. The molecule has 4 rings (SSSR count). The Hall–Kier alpha value is -2.60. The lowest BCUT2D eigenvalue weighted by Crippen LogP contribution is -2.40. The maximum absolute atomic E-state index is 10.7. The molecule has 1 fully saturated rings. The fourth-order valence-electron chi connectivity index (χ4n) is 3.05. The number of aryl methyl sites for hydroxylation is 4. The van der Waals surface area contributed by atoms with E-state index in [9.17, 15) is 5.11 Å². The molecule has 0 saturated carbocycles. The van der Waals surface area contributed by atoms with Crippen LogP contribution < -0.4 is 5.32 Å². The van der Waals surface area contributed by atoms with Gasteiger partial charge >= 0.3 is 0 Å². The molecule has 130 valence electrons. The van der Waals surface area contributed by atoms with Crippen LogP contribution in [0.4, 0.5) is 5.69 Å². The van der Waals surface area contributed by atoms with Crippen molar-refractivity contribution in [3.63, 3.8) is 0 Å². The summed E-state index contributed by atoms with van der Waals surface area (Å²) in [6, 6.07) is 6.33. The monoisotopic (exact) mass is 338 g/mol. The Balaban J connectivity index is 1.58. The Morgan fingerprint density at radius 3 is 2.84 bits per heavy atom. The van der Waals surface area contributed by atoms with Crippen LogP contribution in [0.3, 0.4) is 0 Å². The van der Waals surface area contributed by atoms with Crippen LogP contribution in [0.15, 0.2) is 30.6 Å². The van der Waals surface area contributed by atoms with Gasteiger partial charge in [0.05, 0.1) is 35.8 Å². The summed E-state index contributed by atoms with van der Waals surface area (Å²) in [5.41, 5.74) is 4.96. The summed E-state index contributed by atoms with van der Waals surface area (Å²) in [5.74, 6) is 0.245. The third-order valence-electron chi connectivity index (χ3n) is 4.77. The average molecular weight is 338 g/mol. The highest BCUT2D eigenvalue weighted by atomic mass is 16.5. The number of hydrogen-bond acceptors (Lipinski definition) is 5. The van der Waals surface area contributed by atoms with Gasteiger partial charge in [0.2, 0.25) is 5.88 Å². The molecular formula is C19H22N4O2. The second kappa shape index (κ2) is 6.37. The Kier molecular flexibility index (Phi) is 4.05. The van der Waals surface area contributed by atoms with E-state index < -0.39 is 0 Å². The summed E-state index contributed by atoms with van der Waals surface area (Å²) in [4.78, 5) is 9.00. The van der Waals surface area contributed by atoms with Crippen molar-refractivity contribution >= 4 is 16.6 Å². The van der Waals surface area contributed by atoms with Gasteiger partial charge < -0.3 is 19.7 Å². The molecule has 3 aromatic rings. The van der Waals surface area contributed by atoms with Crippen molar-refractivity contribution in [2.24, 2.45) is 0 Å². The first kappa shape index (κ1) is 15.9. The SMILES string of the molecule is Cc1ccc(CCn2cc3nccc(NC4COC4)c3c2O)nc1C. The zero-order chi connectivity index (χ0) is 17.4. The first-order valence-electron chi connectivity index (χ1n) is 8.56. The number of nitrogens with zero attached hydrogens (tertiary/aromatic N) is 3. The van der Waals surface area contributed by atoms with Gasteiger partial charge in [0.15, 0.2) is 0 Å². The molecule has 0 bridgehead atoms. The van der Waals surface area contributed by atoms with Gasteiger partial charge in [0.1, 0.15) is 0 Å². The highest BCUT2D eigenvalue weighted by Crippen LogP contribution is 2.33. The first-order valence-corrected chi connectivity index (χ1v) is 8.56.